The van der Waals surface area contributed by atoms with Crippen LogP contribution in [-0.2, 0) is 14.8 Å². The molecule has 0 amide bonds. The average Bonchev–Trinajstić information content (AvgIpc) is 2.57. The first-order valence-corrected chi connectivity index (χ1v) is 6.15. The number of rotatable bonds is 4. The molecule has 0 spiro atoms. The van der Waals surface area contributed by atoms with Crippen LogP contribution < -0.4 is 4.72 Å². The van der Waals surface area contributed by atoms with Crippen LogP contribution in [0.25, 0.3) is 0 Å². The Labute approximate surface area is 79.7 Å². The summed E-state index contributed by atoms with van der Waals surface area (Å²) >= 11 is 0. The number of sulfonamides is 1. The van der Waals surface area contributed by atoms with E-state index in [0.29, 0.717) is 6.42 Å². The molecule has 1 fully saturated rings. The quantitative estimate of drug-likeness (QED) is 0.730. The molecule has 0 bridgehead atoms. The third-order valence-electron chi connectivity index (χ3n) is 2.43. The molecule has 1 aliphatic rings. The summed E-state index contributed by atoms with van der Waals surface area (Å²) < 4.78 is 30.3. The lowest BCUT2D eigenvalue weighted by Gasteiger charge is -2.15. The van der Waals surface area contributed by atoms with Crippen molar-refractivity contribution in [2.24, 2.45) is 0 Å². The summed E-state index contributed by atoms with van der Waals surface area (Å²) in [4.78, 5) is 0. The summed E-state index contributed by atoms with van der Waals surface area (Å²) in [6, 6.07) is 0. The highest BCUT2D eigenvalue weighted by Gasteiger charge is 2.25. The van der Waals surface area contributed by atoms with Gasteiger partial charge < -0.3 is 4.74 Å². The summed E-state index contributed by atoms with van der Waals surface area (Å²) in [5, 5.41) is -0.361. The lowest BCUT2D eigenvalue weighted by Crippen LogP contribution is -2.32. The van der Waals surface area contributed by atoms with E-state index in [4.69, 9.17) is 4.74 Å². The Hall–Kier alpha value is -0.130. The number of hydrogen-bond acceptors (Lipinski definition) is 3. The first-order valence-electron chi connectivity index (χ1n) is 4.60. The van der Waals surface area contributed by atoms with Crippen molar-refractivity contribution in [3.05, 3.63) is 0 Å². The standard InChI is InChI=1S/C8H17NO3S/c1-7(13(10,11)9-2)6-8-4-3-5-12-8/h7-9H,3-6H2,1-2H3. The lowest BCUT2D eigenvalue weighted by molar-refractivity contribution is 0.104. The molecule has 13 heavy (non-hydrogen) atoms. The van der Waals surface area contributed by atoms with Crippen molar-refractivity contribution in [2.45, 2.75) is 37.5 Å². The zero-order valence-electron chi connectivity index (χ0n) is 8.12. The molecule has 0 aromatic heterocycles. The fraction of sp³-hybridized carbons (Fsp3) is 1.00. The molecule has 78 valence electrons. The molecule has 2 atom stereocenters. The van der Waals surface area contributed by atoms with Crippen LogP contribution in [0.15, 0.2) is 0 Å². The van der Waals surface area contributed by atoms with Crippen LogP contribution in [0.3, 0.4) is 0 Å². The lowest BCUT2D eigenvalue weighted by atomic mass is 10.1. The van der Waals surface area contributed by atoms with Crippen LogP contribution >= 0.6 is 0 Å². The van der Waals surface area contributed by atoms with Gasteiger partial charge in [0.1, 0.15) is 0 Å². The van der Waals surface area contributed by atoms with Crippen LogP contribution in [0.1, 0.15) is 26.2 Å². The predicted molar refractivity (Wildman–Crippen MR) is 51.0 cm³/mol. The zero-order valence-corrected chi connectivity index (χ0v) is 8.93. The molecular formula is C8H17NO3S. The van der Waals surface area contributed by atoms with E-state index in [0.717, 1.165) is 19.4 Å². The third kappa shape index (κ3) is 2.93. The second kappa shape index (κ2) is 4.39. The number of ether oxygens (including phenoxy) is 1. The third-order valence-corrected chi connectivity index (χ3v) is 4.25. The minimum Gasteiger partial charge on any atom is -0.378 e. The van der Waals surface area contributed by atoms with Gasteiger partial charge >= 0.3 is 0 Å². The number of hydrogen-bond donors (Lipinski definition) is 1. The van der Waals surface area contributed by atoms with Crippen molar-refractivity contribution < 1.29 is 13.2 Å². The van der Waals surface area contributed by atoms with E-state index < -0.39 is 10.0 Å². The molecular weight excluding hydrogens is 190 g/mol. The van der Waals surface area contributed by atoms with E-state index in [1.54, 1.807) is 6.92 Å². The Morgan fingerprint density at radius 1 is 1.62 bits per heavy atom. The predicted octanol–water partition coefficient (Wildman–Crippen LogP) is 0.493. The monoisotopic (exact) mass is 207 g/mol. The van der Waals surface area contributed by atoms with Gasteiger partial charge in [0.05, 0.1) is 11.4 Å². The topological polar surface area (TPSA) is 55.4 Å². The molecule has 1 heterocycles. The van der Waals surface area contributed by atoms with E-state index in [1.165, 1.54) is 7.05 Å². The fourth-order valence-electron chi connectivity index (χ4n) is 1.53. The molecule has 0 aromatic rings. The SMILES string of the molecule is CNS(=O)(=O)C(C)CC1CCCO1. The van der Waals surface area contributed by atoms with Gasteiger partial charge in [0, 0.05) is 6.61 Å². The van der Waals surface area contributed by atoms with Gasteiger partial charge in [-0.05, 0) is 33.2 Å². The van der Waals surface area contributed by atoms with Crippen molar-refractivity contribution >= 4 is 10.0 Å². The Morgan fingerprint density at radius 2 is 2.31 bits per heavy atom. The van der Waals surface area contributed by atoms with Crippen LogP contribution in [0.4, 0.5) is 0 Å². The highest BCUT2D eigenvalue weighted by molar-refractivity contribution is 7.90. The molecule has 1 N–H and O–H groups in total. The van der Waals surface area contributed by atoms with Crippen molar-refractivity contribution in [1.29, 1.82) is 0 Å². The molecule has 5 heteroatoms. The molecule has 1 rings (SSSR count). The van der Waals surface area contributed by atoms with Crippen molar-refractivity contribution in [3.8, 4) is 0 Å². The molecule has 1 saturated heterocycles. The maximum Gasteiger partial charge on any atom is 0.214 e. The average molecular weight is 207 g/mol. The smallest absolute Gasteiger partial charge is 0.214 e. The largest absolute Gasteiger partial charge is 0.378 e. The van der Waals surface area contributed by atoms with Gasteiger partial charge in [-0.25, -0.2) is 13.1 Å². The van der Waals surface area contributed by atoms with Crippen molar-refractivity contribution in [3.63, 3.8) is 0 Å². The summed E-state index contributed by atoms with van der Waals surface area (Å²) in [6.45, 7) is 2.49. The van der Waals surface area contributed by atoms with Gasteiger partial charge in [-0.2, -0.15) is 0 Å². The zero-order chi connectivity index (χ0) is 9.90. The van der Waals surface area contributed by atoms with E-state index >= 15 is 0 Å². The molecule has 2 unspecified atom stereocenters. The Bertz CT molecular complexity index is 244. The second-order valence-electron chi connectivity index (χ2n) is 3.43. The molecule has 0 saturated carbocycles. The summed E-state index contributed by atoms with van der Waals surface area (Å²) in [5.41, 5.74) is 0. The highest BCUT2D eigenvalue weighted by atomic mass is 32.2. The first kappa shape index (κ1) is 10.9. The van der Waals surface area contributed by atoms with Gasteiger partial charge in [0.25, 0.3) is 0 Å². The molecule has 0 aromatic carbocycles. The van der Waals surface area contributed by atoms with E-state index in [-0.39, 0.29) is 11.4 Å². The molecule has 1 aliphatic heterocycles. The van der Waals surface area contributed by atoms with Crippen LogP contribution in [0.5, 0.6) is 0 Å². The Balaban J connectivity index is 2.44. The van der Waals surface area contributed by atoms with Gasteiger partial charge in [-0.15, -0.1) is 0 Å². The summed E-state index contributed by atoms with van der Waals surface area (Å²) in [5.74, 6) is 0. The minimum atomic E-state index is -3.12. The van der Waals surface area contributed by atoms with Crippen LogP contribution in [0.2, 0.25) is 0 Å². The van der Waals surface area contributed by atoms with E-state index in [9.17, 15) is 8.42 Å². The van der Waals surface area contributed by atoms with Gasteiger partial charge in [0.2, 0.25) is 10.0 Å². The normalized spacial score (nSPS) is 26.2. The molecule has 0 aliphatic carbocycles. The maximum atomic E-state index is 11.3. The maximum absolute atomic E-state index is 11.3. The van der Waals surface area contributed by atoms with Crippen LogP contribution in [-0.4, -0.2) is 33.4 Å². The highest BCUT2D eigenvalue weighted by Crippen LogP contribution is 2.19. The van der Waals surface area contributed by atoms with Crippen molar-refractivity contribution in [1.82, 2.24) is 4.72 Å². The first-order chi connectivity index (χ1) is 6.06. The van der Waals surface area contributed by atoms with Crippen LogP contribution in [0, 0.1) is 0 Å². The molecule has 4 nitrogen and oxygen atoms in total. The Morgan fingerprint density at radius 3 is 2.77 bits per heavy atom. The van der Waals surface area contributed by atoms with Gasteiger partial charge in [-0.1, -0.05) is 0 Å². The fourth-order valence-corrected chi connectivity index (χ4v) is 2.40. The number of nitrogens with one attached hydrogen (secondary N) is 1. The summed E-state index contributed by atoms with van der Waals surface area (Å²) in [6.07, 6.45) is 2.78. The minimum absolute atomic E-state index is 0.137. The van der Waals surface area contributed by atoms with Crippen molar-refractivity contribution in [2.75, 3.05) is 13.7 Å². The summed E-state index contributed by atoms with van der Waals surface area (Å²) in [7, 11) is -1.67. The van der Waals surface area contributed by atoms with E-state index in [2.05, 4.69) is 4.72 Å². The van der Waals surface area contributed by atoms with E-state index in [1.807, 2.05) is 0 Å². The molecule has 0 radical (unpaired) electrons. The van der Waals surface area contributed by atoms with Gasteiger partial charge in [0.15, 0.2) is 0 Å². The second-order valence-corrected chi connectivity index (χ2v) is 5.73. The Kier molecular flexibility index (Phi) is 3.70. The van der Waals surface area contributed by atoms with Gasteiger partial charge in [-0.3, -0.25) is 0 Å².